The Hall–Kier alpha value is -2.96. The summed E-state index contributed by atoms with van der Waals surface area (Å²) in [5.41, 5.74) is 2.91. The number of rotatable bonds is 3. The second-order valence-electron chi connectivity index (χ2n) is 7.53. The van der Waals surface area contributed by atoms with Crippen LogP contribution in [-0.2, 0) is 11.3 Å². The fourth-order valence-electron chi connectivity index (χ4n) is 4.43. The fourth-order valence-corrected chi connectivity index (χ4v) is 4.43. The minimum absolute atomic E-state index is 0.175. The third kappa shape index (κ3) is 2.74. The second kappa shape index (κ2) is 6.04. The number of carbonyl (C=O) groups excluding carboxylic acids is 1. The molecule has 3 aliphatic rings. The van der Waals surface area contributed by atoms with E-state index in [4.69, 9.17) is 0 Å². The molecule has 0 aliphatic carbocycles. The van der Waals surface area contributed by atoms with Gasteiger partial charge in [0.2, 0.25) is 5.91 Å². The van der Waals surface area contributed by atoms with Gasteiger partial charge in [-0.05, 0) is 32.4 Å². The van der Waals surface area contributed by atoms with E-state index >= 15 is 0 Å². The number of aromatic nitrogens is 4. The molecule has 7 nitrogen and oxygen atoms in total. The van der Waals surface area contributed by atoms with Crippen molar-refractivity contribution < 1.29 is 4.79 Å². The van der Waals surface area contributed by atoms with Gasteiger partial charge in [0, 0.05) is 24.8 Å². The molecule has 3 fully saturated rings. The molecule has 2 atom stereocenters. The number of imidazole rings is 1. The quantitative estimate of drug-likeness (QED) is 0.712. The van der Waals surface area contributed by atoms with Gasteiger partial charge in [-0.15, -0.1) is 0 Å². The molecule has 0 radical (unpaired) electrons. The third-order valence-corrected chi connectivity index (χ3v) is 5.59. The fraction of sp³-hybridized carbons (Fsp3) is 0.400. The van der Waals surface area contributed by atoms with Crippen LogP contribution in [-0.4, -0.2) is 55.5 Å². The smallest absolute Gasteiger partial charge is 0.243 e. The summed E-state index contributed by atoms with van der Waals surface area (Å²) in [6.07, 6.45) is 2.84. The third-order valence-electron chi connectivity index (χ3n) is 5.59. The minimum Gasteiger partial charge on any atom is -0.352 e. The molecule has 6 rings (SSSR count). The monoisotopic (exact) mass is 362 g/mol. The maximum Gasteiger partial charge on any atom is 0.243 e. The van der Waals surface area contributed by atoms with E-state index in [1.165, 1.54) is 0 Å². The summed E-state index contributed by atoms with van der Waals surface area (Å²) in [6.45, 7) is 5.94. The van der Waals surface area contributed by atoms with Crippen molar-refractivity contribution >= 4 is 22.8 Å². The zero-order chi connectivity index (χ0) is 18.5. The molecule has 138 valence electrons. The Bertz CT molecular complexity index is 996. The van der Waals surface area contributed by atoms with Crippen molar-refractivity contribution in [3.05, 3.63) is 48.2 Å². The van der Waals surface area contributed by atoms with E-state index in [2.05, 4.69) is 24.8 Å². The van der Waals surface area contributed by atoms with E-state index < -0.39 is 0 Å². The number of piperazine rings is 1. The van der Waals surface area contributed by atoms with Crippen LogP contribution in [0.1, 0.15) is 17.9 Å². The van der Waals surface area contributed by atoms with Crippen molar-refractivity contribution in [3.63, 3.8) is 0 Å². The Labute approximate surface area is 157 Å². The number of hydrogen-bond acceptors (Lipinski definition) is 5. The van der Waals surface area contributed by atoms with E-state index in [0.29, 0.717) is 6.54 Å². The SMILES string of the molecule is Cc1cc(N2CC3CC(C2)N3C(=O)Cn2cnc3ccccc32)nc(C)n1. The van der Waals surface area contributed by atoms with Gasteiger partial charge in [0.15, 0.2) is 0 Å². The molecule has 1 aromatic carbocycles. The molecular formula is C20H22N6O. The number of carbonyl (C=O) groups is 1. The Morgan fingerprint density at radius 3 is 2.70 bits per heavy atom. The minimum atomic E-state index is 0.175. The number of amides is 1. The van der Waals surface area contributed by atoms with E-state index in [0.717, 1.165) is 47.9 Å². The average Bonchev–Trinajstić information content (AvgIpc) is 3.04. The van der Waals surface area contributed by atoms with Crippen molar-refractivity contribution in [2.24, 2.45) is 0 Å². The van der Waals surface area contributed by atoms with E-state index in [1.807, 2.05) is 48.7 Å². The highest BCUT2D eigenvalue weighted by Gasteiger charge is 2.47. The Morgan fingerprint density at radius 2 is 1.93 bits per heavy atom. The van der Waals surface area contributed by atoms with Gasteiger partial charge in [-0.1, -0.05) is 12.1 Å². The van der Waals surface area contributed by atoms with Crippen molar-refractivity contribution in [1.82, 2.24) is 24.4 Å². The van der Waals surface area contributed by atoms with Crippen molar-refractivity contribution in [1.29, 1.82) is 0 Å². The molecule has 0 saturated carbocycles. The van der Waals surface area contributed by atoms with Crippen LogP contribution < -0.4 is 4.90 Å². The van der Waals surface area contributed by atoms with Crippen LogP contribution >= 0.6 is 0 Å². The molecule has 1 amide bonds. The molecule has 2 bridgehead atoms. The Morgan fingerprint density at radius 1 is 1.15 bits per heavy atom. The van der Waals surface area contributed by atoms with Crippen LogP contribution in [0.2, 0.25) is 0 Å². The zero-order valence-corrected chi connectivity index (χ0v) is 15.5. The van der Waals surface area contributed by atoms with Gasteiger partial charge < -0.3 is 14.4 Å². The summed E-state index contributed by atoms with van der Waals surface area (Å²) in [6, 6.07) is 10.5. The standard InChI is InChI=1S/C20H22N6O/c1-13-7-19(23-14(2)22-13)24-9-15-8-16(10-24)26(15)20(27)11-25-12-21-17-5-3-4-6-18(17)25/h3-7,12,15-16H,8-11H2,1-2H3. The van der Waals surface area contributed by atoms with Crippen molar-refractivity contribution in [2.45, 2.75) is 38.9 Å². The van der Waals surface area contributed by atoms with Gasteiger partial charge in [-0.3, -0.25) is 4.79 Å². The molecule has 3 aromatic rings. The molecule has 5 heterocycles. The van der Waals surface area contributed by atoms with Crippen LogP contribution in [0.15, 0.2) is 36.7 Å². The largest absolute Gasteiger partial charge is 0.352 e. The highest BCUT2D eigenvalue weighted by Crippen LogP contribution is 2.34. The lowest BCUT2D eigenvalue weighted by molar-refractivity contribution is -0.146. The number of anilines is 1. The lowest BCUT2D eigenvalue weighted by Crippen LogP contribution is -2.70. The summed E-state index contributed by atoms with van der Waals surface area (Å²) in [4.78, 5) is 30.6. The molecule has 7 heteroatoms. The van der Waals surface area contributed by atoms with E-state index in [1.54, 1.807) is 6.33 Å². The predicted molar refractivity (Wildman–Crippen MR) is 102 cm³/mol. The molecule has 3 saturated heterocycles. The molecule has 3 aliphatic heterocycles. The number of nitrogens with zero attached hydrogens (tertiary/aromatic N) is 6. The Balaban J connectivity index is 1.30. The van der Waals surface area contributed by atoms with Crippen LogP contribution in [0.4, 0.5) is 5.82 Å². The van der Waals surface area contributed by atoms with Crippen LogP contribution in [0.5, 0.6) is 0 Å². The second-order valence-corrected chi connectivity index (χ2v) is 7.53. The summed E-state index contributed by atoms with van der Waals surface area (Å²) in [5, 5.41) is 0. The highest BCUT2D eigenvalue weighted by atomic mass is 16.2. The summed E-state index contributed by atoms with van der Waals surface area (Å²) >= 11 is 0. The maximum absolute atomic E-state index is 12.9. The number of benzene rings is 1. The van der Waals surface area contributed by atoms with Gasteiger partial charge in [0.1, 0.15) is 18.2 Å². The lowest BCUT2D eigenvalue weighted by Gasteiger charge is -2.56. The first-order chi connectivity index (χ1) is 13.1. The molecule has 27 heavy (non-hydrogen) atoms. The molecule has 2 unspecified atom stereocenters. The predicted octanol–water partition coefficient (Wildman–Crippen LogP) is 1.93. The first kappa shape index (κ1) is 16.2. The van der Waals surface area contributed by atoms with E-state index in [9.17, 15) is 4.79 Å². The van der Waals surface area contributed by atoms with Gasteiger partial charge >= 0.3 is 0 Å². The van der Waals surface area contributed by atoms with Gasteiger partial charge in [0.05, 0.1) is 29.4 Å². The molecule has 2 aromatic heterocycles. The average molecular weight is 362 g/mol. The van der Waals surface area contributed by atoms with Crippen molar-refractivity contribution in [3.8, 4) is 0 Å². The number of para-hydroxylation sites is 2. The molecule has 0 N–H and O–H groups in total. The normalized spacial score (nSPS) is 21.4. The first-order valence-corrected chi connectivity index (χ1v) is 9.37. The van der Waals surface area contributed by atoms with Gasteiger partial charge in [0.25, 0.3) is 0 Å². The maximum atomic E-state index is 12.9. The van der Waals surface area contributed by atoms with Crippen LogP contribution in [0.25, 0.3) is 11.0 Å². The topological polar surface area (TPSA) is 67.2 Å². The Kier molecular flexibility index (Phi) is 3.63. The van der Waals surface area contributed by atoms with Crippen molar-refractivity contribution in [2.75, 3.05) is 18.0 Å². The number of aryl methyl sites for hydroxylation is 2. The number of piperidine rings is 1. The van der Waals surface area contributed by atoms with Crippen LogP contribution in [0.3, 0.4) is 0 Å². The van der Waals surface area contributed by atoms with Gasteiger partial charge in [-0.25, -0.2) is 15.0 Å². The molecular weight excluding hydrogens is 340 g/mol. The number of fused-ring (bicyclic) bond motifs is 3. The molecule has 0 spiro atoms. The summed E-state index contributed by atoms with van der Waals surface area (Å²) < 4.78 is 1.95. The van der Waals surface area contributed by atoms with Gasteiger partial charge in [-0.2, -0.15) is 0 Å². The summed E-state index contributed by atoms with van der Waals surface area (Å²) in [5.74, 6) is 1.95. The zero-order valence-electron chi connectivity index (χ0n) is 15.5. The summed E-state index contributed by atoms with van der Waals surface area (Å²) in [7, 11) is 0. The van der Waals surface area contributed by atoms with E-state index in [-0.39, 0.29) is 18.0 Å². The number of hydrogen-bond donors (Lipinski definition) is 0. The lowest BCUT2D eigenvalue weighted by atomic mass is 9.87. The highest BCUT2D eigenvalue weighted by molar-refractivity contribution is 5.82. The first-order valence-electron chi connectivity index (χ1n) is 9.37. The van der Waals surface area contributed by atoms with Crippen LogP contribution in [0, 0.1) is 13.8 Å².